The van der Waals surface area contributed by atoms with Gasteiger partial charge in [0, 0.05) is 37.3 Å². The van der Waals surface area contributed by atoms with Crippen LogP contribution in [0.3, 0.4) is 0 Å². The first-order chi connectivity index (χ1) is 16.7. The molecule has 3 rings (SSSR count). The summed E-state index contributed by atoms with van der Waals surface area (Å²) in [7, 11) is 2.16. The average molecular weight is 489 g/mol. The van der Waals surface area contributed by atoms with Crippen molar-refractivity contribution < 1.29 is 19.4 Å². The largest absolute Gasteiger partial charge is 0.488 e. The molecule has 0 spiro atoms. The van der Waals surface area contributed by atoms with Gasteiger partial charge >= 0.3 is 6.03 Å². The Bertz CT molecular complexity index is 856. The van der Waals surface area contributed by atoms with Crippen molar-refractivity contribution in [2.75, 3.05) is 38.6 Å². The number of fused-ring (bicyclic) bond motifs is 1. The number of rotatable bonds is 8. The van der Waals surface area contributed by atoms with E-state index in [9.17, 15) is 14.7 Å². The Morgan fingerprint density at radius 2 is 1.91 bits per heavy atom. The molecule has 1 fully saturated rings. The second kappa shape index (κ2) is 12.6. The Balaban J connectivity index is 1.83. The Labute approximate surface area is 210 Å². The lowest BCUT2D eigenvalue weighted by Crippen LogP contribution is -2.50. The summed E-state index contributed by atoms with van der Waals surface area (Å²) in [6, 6.07) is 4.56. The quantitative estimate of drug-likeness (QED) is 0.515. The van der Waals surface area contributed by atoms with Crippen LogP contribution >= 0.6 is 0 Å². The Hall–Kier alpha value is -2.32. The van der Waals surface area contributed by atoms with E-state index in [0.717, 1.165) is 19.0 Å². The minimum Gasteiger partial charge on any atom is -0.488 e. The fourth-order valence-electron chi connectivity index (χ4n) is 5.14. The van der Waals surface area contributed by atoms with Gasteiger partial charge in [-0.05, 0) is 64.8 Å². The van der Waals surface area contributed by atoms with Gasteiger partial charge in [-0.2, -0.15) is 0 Å². The standard InChI is InChI=1S/C27H44N4O4/c1-18(2)28-27(34)29-22-11-12-24-23(13-22)26(33)31(20(4)17-32)14-19(3)25(35-24)16-30(5)15-21-9-7-6-8-10-21/h11-13,18-21,25,32H,6-10,14-17H2,1-5H3,(H2,28,29,34)/t19-,20-,25-/m1/s1. The number of carbonyl (C=O) groups is 2. The van der Waals surface area contributed by atoms with Crippen molar-refractivity contribution in [3.63, 3.8) is 0 Å². The van der Waals surface area contributed by atoms with Gasteiger partial charge in [-0.15, -0.1) is 0 Å². The molecule has 0 aromatic heterocycles. The lowest BCUT2D eigenvalue weighted by molar-refractivity contribution is 0.0330. The summed E-state index contributed by atoms with van der Waals surface area (Å²) >= 11 is 0. The highest BCUT2D eigenvalue weighted by Crippen LogP contribution is 2.31. The van der Waals surface area contributed by atoms with Crippen molar-refractivity contribution in [3.8, 4) is 5.75 Å². The summed E-state index contributed by atoms with van der Waals surface area (Å²) in [6.45, 7) is 9.95. The van der Waals surface area contributed by atoms with Crippen LogP contribution in [0.2, 0.25) is 0 Å². The zero-order valence-electron chi connectivity index (χ0n) is 22.0. The summed E-state index contributed by atoms with van der Waals surface area (Å²) in [5.41, 5.74) is 0.925. The molecule has 0 unspecified atom stereocenters. The van der Waals surface area contributed by atoms with E-state index in [1.54, 1.807) is 23.1 Å². The number of carbonyl (C=O) groups excluding carboxylic acids is 2. The first-order valence-corrected chi connectivity index (χ1v) is 13.2. The van der Waals surface area contributed by atoms with Gasteiger partial charge in [0.2, 0.25) is 0 Å². The number of urea groups is 1. The van der Waals surface area contributed by atoms with E-state index < -0.39 is 0 Å². The van der Waals surface area contributed by atoms with Crippen LogP contribution < -0.4 is 15.4 Å². The van der Waals surface area contributed by atoms with Crippen LogP contribution in [-0.4, -0.2) is 78.3 Å². The summed E-state index contributed by atoms with van der Waals surface area (Å²) < 4.78 is 6.49. The summed E-state index contributed by atoms with van der Waals surface area (Å²) in [5, 5.41) is 15.4. The smallest absolute Gasteiger partial charge is 0.319 e. The van der Waals surface area contributed by atoms with Gasteiger partial charge in [0.25, 0.3) is 5.91 Å². The molecule has 1 aliphatic carbocycles. The zero-order chi connectivity index (χ0) is 25.5. The molecule has 2 aliphatic rings. The predicted octanol–water partition coefficient (Wildman–Crippen LogP) is 3.95. The van der Waals surface area contributed by atoms with E-state index in [1.807, 2.05) is 20.8 Å². The maximum absolute atomic E-state index is 13.5. The Kier molecular flexibility index (Phi) is 9.80. The normalized spacial score (nSPS) is 22.3. The van der Waals surface area contributed by atoms with Crippen LogP contribution in [-0.2, 0) is 0 Å². The molecule has 8 heteroatoms. The highest BCUT2D eigenvalue weighted by atomic mass is 16.5. The van der Waals surface area contributed by atoms with Crippen LogP contribution in [0.1, 0.15) is 70.2 Å². The molecule has 0 radical (unpaired) electrons. The first-order valence-electron chi connectivity index (χ1n) is 13.2. The number of nitrogens with zero attached hydrogens (tertiary/aromatic N) is 2. The maximum Gasteiger partial charge on any atom is 0.319 e. The molecular weight excluding hydrogens is 444 g/mol. The van der Waals surface area contributed by atoms with Gasteiger partial charge in [0.1, 0.15) is 11.9 Å². The molecule has 0 bridgehead atoms. The van der Waals surface area contributed by atoms with E-state index in [2.05, 4.69) is 29.5 Å². The molecule has 3 amide bonds. The minimum absolute atomic E-state index is 0.00181. The highest BCUT2D eigenvalue weighted by Gasteiger charge is 2.34. The molecule has 3 atom stereocenters. The molecule has 35 heavy (non-hydrogen) atoms. The lowest BCUT2D eigenvalue weighted by atomic mass is 9.89. The fourth-order valence-corrected chi connectivity index (χ4v) is 5.14. The molecule has 1 saturated carbocycles. The first kappa shape index (κ1) is 27.3. The second-order valence-electron chi connectivity index (χ2n) is 10.8. The number of benzene rings is 1. The van der Waals surface area contributed by atoms with E-state index in [-0.39, 0.29) is 42.7 Å². The van der Waals surface area contributed by atoms with Gasteiger partial charge in [0.05, 0.1) is 18.2 Å². The second-order valence-corrected chi connectivity index (χ2v) is 10.8. The molecule has 3 N–H and O–H groups in total. The van der Waals surface area contributed by atoms with Gasteiger partial charge in [-0.1, -0.05) is 26.2 Å². The third-order valence-electron chi connectivity index (χ3n) is 7.13. The van der Waals surface area contributed by atoms with Crippen LogP contribution in [0.4, 0.5) is 10.5 Å². The van der Waals surface area contributed by atoms with E-state index in [0.29, 0.717) is 23.5 Å². The van der Waals surface area contributed by atoms with Crippen molar-refractivity contribution >= 4 is 17.6 Å². The number of amides is 3. The van der Waals surface area contributed by atoms with Gasteiger partial charge in [-0.3, -0.25) is 4.79 Å². The minimum atomic E-state index is -0.324. The van der Waals surface area contributed by atoms with Crippen molar-refractivity contribution in [3.05, 3.63) is 23.8 Å². The number of aliphatic hydroxyl groups excluding tert-OH is 1. The molecule has 1 aliphatic heterocycles. The van der Waals surface area contributed by atoms with Gasteiger partial charge in [-0.25, -0.2) is 4.79 Å². The van der Waals surface area contributed by atoms with Gasteiger partial charge in [0.15, 0.2) is 0 Å². The molecule has 1 aromatic carbocycles. The summed E-state index contributed by atoms with van der Waals surface area (Å²) in [5.74, 6) is 1.14. The van der Waals surface area contributed by atoms with Crippen molar-refractivity contribution in [2.24, 2.45) is 11.8 Å². The van der Waals surface area contributed by atoms with Crippen molar-refractivity contribution in [2.45, 2.75) is 78.0 Å². The number of anilines is 1. The van der Waals surface area contributed by atoms with Crippen molar-refractivity contribution in [1.29, 1.82) is 0 Å². The SMILES string of the molecule is CC(C)NC(=O)Nc1ccc2c(c1)C(=O)N([C@H](C)CO)C[C@@H](C)[C@@H](CN(C)CC1CCCCC1)O2. The summed E-state index contributed by atoms with van der Waals surface area (Å²) in [4.78, 5) is 29.8. The highest BCUT2D eigenvalue weighted by molar-refractivity contribution is 5.99. The van der Waals surface area contributed by atoms with Crippen molar-refractivity contribution in [1.82, 2.24) is 15.1 Å². The van der Waals surface area contributed by atoms with Crippen LogP contribution in [0.25, 0.3) is 0 Å². The van der Waals surface area contributed by atoms with Crippen LogP contribution in [0, 0.1) is 11.8 Å². The zero-order valence-corrected chi connectivity index (χ0v) is 22.0. The number of ether oxygens (including phenoxy) is 1. The number of hydrogen-bond acceptors (Lipinski definition) is 5. The number of aliphatic hydroxyl groups is 1. The molecule has 8 nitrogen and oxygen atoms in total. The monoisotopic (exact) mass is 488 g/mol. The summed E-state index contributed by atoms with van der Waals surface area (Å²) in [6.07, 6.45) is 6.48. The van der Waals surface area contributed by atoms with E-state index >= 15 is 0 Å². The molecule has 1 heterocycles. The third-order valence-corrected chi connectivity index (χ3v) is 7.13. The van der Waals surface area contributed by atoms with E-state index in [1.165, 1.54) is 32.1 Å². The van der Waals surface area contributed by atoms with Gasteiger partial charge < -0.3 is 30.3 Å². The van der Waals surface area contributed by atoms with Crippen LogP contribution in [0.5, 0.6) is 5.75 Å². The molecular formula is C27H44N4O4. The van der Waals surface area contributed by atoms with Crippen LogP contribution in [0.15, 0.2) is 18.2 Å². The fraction of sp³-hybridized carbons (Fsp3) is 0.704. The number of nitrogens with one attached hydrogen (secondary N) is 2. The molecule has 196 valence electrons. The predicted molar refractivity (Wildman–Crippen MR) is 139 cm³/mol. The lowest BCUT2D eigenvalue weighted by Gasteiger charge is -2.38. The Morgan fingerprint density at radius 1 is 1.20 bits per heavy atom. The molecule has 1 aromatic rings. The number of likely N-dealkylation sites (N-methyl/N-ethyl adjacent to an activating group) is 1. The average Bonchev–Trinajstić information content (AvgIpc) is 2.81. The number of hydrogen-bond donors (Lipinski definition) is 3. The van der Waals surface area contributed by atoms with E-state index in [4.69, 9.17) is 4.74 Å². The third kappa shape index (κ3) is 7.58. The molecule has 0 saturated heterocycles. The Morgan fingerprint density at radius 3 is 2.57 bits per heavy atom. The maximum atomic E-state index is 13.5. The topological polar surface area (TPSA) is 94.1 Å².